The molecule has 0 aliphatic carbocycles. The number of fused-ring (bicyclic) bond motifs is 1. The summed E-state index contributed by atoms with van der Waals surface area (Å²) >= 11 is 6.33. The summed E-state index contributed by atoms with van der Waals surface area (Å²) in [5.41, 5.74) is 0.966. The molecule has 162 valence electrons. The van der Waals surface area contributed by atoms with E-state index in [0.29, 0.717) is 17.2 Å². The van der Waals surface area contributed by atoms with Crippen LogP contribution in [0.15, 0.2) is 54.7 Å². The van der Waals surface area contributed by atoms with Crippen molar-refractivity contribution in [2.45, 2.75) is 20.0 Å². The van der Waals surface area contributed by atoms with Crippen molar-refractivity contribution in [1.29, 1.82) is 0 Å². The van der Waals surface area contributed by atoms with Crippen LogP contribution in [0.3, 0.4) is 0 Å². The van der Waals surface area contributed by atoms with Crippen molar-refractivity contribution in [1.82, 2.24) is 9.88 Å². The summed E-state index contributed by atoms with van der Waals surface area (Å²) in [6.07, 6.45) is 2.02. The molecule has 0 atom stereocenters. The van der Waals surface area contributed by atoms with Crippen molar-refractivity contribution < 1.29 is 23.0 Å². The predicted molar refractivity (Wildman–Crippen MR) is 115 cm³/mol. The van der Waals surface area contributed by atoms with E-state index in [0.717, 1.165) is 17.7 Å². The van der Waals surface area contributed by atoms with Gasteiger partial charge >= 0.3 is 0 Å². The first-order chi connectivity index (χ1) is 14.8. The van der Waals surface area contributed by atoms with Gasteiger partial charge in [-0.3, -0.25) is 4.79 Å². The summed E-state index contributed by atoms with van der Waals surface area (Å²) < 4.78 is 39.2. The molecule has 0 saturated carbocycles. The molecule has 1 aliphatic rings. The van der Waals surface area contributed by atoms with Crippen molar-refractivity contribution in [3.05, 3.63) is 82.2 Å². The second-order valence-electron chi connectivity index (χ2n) is 6.71. The number of allylic oxidation sites excluding steroid dienone is 5. The minimum Gasteiger partial charge on any atom is -0.497 e. The van der Waals surface area contributed by atoms with Crippen molar-refractivity contribution in [3.8, 4) is 11.5 Å². The van der Waals surface area contributed by atoms with Gasteiger partial charge in [0.1, 0.15) is 23.2 Å². The van der Waals surface area contributed by atoms with Gasteiger partial charge < -0.3 is 14.4 Å². The summed E-state index contributed by atoms with van der Waals surface area (Å²) in [5.74, 6) is -0.802. The SMILES string of the molecule is C=C/C(F)=C(\C(F)=C/C)c1cc(Cl)c2c(n1)CN(Cc1ccc(OC)cc1OC)C2=O. The van der Waals surface area contributed by atoms with Gasteiger partial charge in [-0.15, -0.1) is 0 Å². The average Bonchev–Trinajstić information content (AvgIpc) is 3.09. The fourth-order valence-corrected chi connectivity index (χ4v) is 3.66. The second-order valence-corrected chi connectivity index (χ2v) is 7.12. The lowest BCUT2D eigenvalue weighted by molar-refractivity contribution is 0.0765. The number of benzene rings is 1. The normalized spacial score (nSPS) is 14.3. The molecule has 2 aromatic rings. The molecule has 1 aromatic heterocycles. The predicted octanol–water partition coefficient (Wildman–Crippen LogP) is 5.65. The van der Waals surface area contributed by atoms with Gasteiger partial charge in [0, 0.05) is 11.6 Å². The Labute approximate surface area is 184 Å². The number of rotatable bonds is 7. The monoisotopic (exact) mass is 446 g/mol. The second kappa shape index (κ2) is 9.31. The molecule has 8 heteroatoms. The first-order valence-corrected chi connectivity index (χ1v) is 9.76. The Hall–Kier alpha value is -3.19. The summed E-state index contributed by atoms with van der Waals surface area (Å²) in [6, 6.07) is 6.58. The lowest BCUT2D eigenvalue weighted by Crippen LogP contribution is -2.23. The maximum atomic E-state index is 14.3. The molecule has 0 bridgehead atoms. The minimum absolute atomic E-state index is 0.00609. The molecule has 0 N–H and O–H groups in total. The zero-order valence-electron chi connectivity index (χ0n) is 17.3. The Kier molecular flexibility index (Phi) is 6.75. The Balaban J connectivity index is 1.98. The molecule has 2 heterocycles. The van der Waals surface area contributed by atoms with Crippen LogP contribution in [0.5, 0.6) is 11.5 Å². The van der Waals surface area contributed by atoms with E-state index >= 15 is 0 Å². The summed E-state index contributed by atoms with van der Waals surface area (Å²) in [5, 5.41) is 0.0764. The number of ether oxygens (including phenoxy) is 2. The van der Waals surface area contributed by atoms with Crippen LogP contribution in [0.4, 0.5) is 8.78 Å². The number of aromatic nitrogens is 1. The minimum atomic E-state index is -0.872. The van der Waals surface area contributed by atoms with E-state index in [1.807, 2.05) is 0 Å². The van der Waals surface area contributed by atoms with Gasteiger partial charge in [-0.05, 0) is 31.2 Å². The quantitative estimate of drug-likeness (QED) is 0.516. The zero-order valence-corrected chi connectivity index (χ0v) is 18.1. The van der Waals surface area contributed by atoms with E-state index in [2.05, 4.69) is 11.6 Å². The van der Waals surface area contributed by atoms with Gasteiger partial charge in [-0.2, -0.15) is 0 Å². The van der Waals surface area contributed by atoms with Crippen LogP contribution in [-0.2, 0) is 13.1 Å². The van der Waals surface area contributed by atoms with Crippen molar-refractivity contribution in [3.63, 3.8) is 0 Å². The van der Waals surface area contributed by atoms with Crippen LogP contribution in [0.2, 0.25) is 5.02 Å². The van der Waals surface area contributed by atoms with Crippen molar-refractivity contribution in [2.24, 2.45) is 0 Å². The molecule has 5 nitrogen and oxygen atoms in total. The Morgan fingerprint density at radius 1 is 1.29 bits per heavy atom. The van der Waals surface area contributed by atoms with Crippen LogP contribution in [0.25, 0.3) is 5.57 Å². The van der Waals surface area contributed by atoms with Gasteiger partial charge in [0.25, 0.3) is 5.91 Å². The lowest BCUT2D eigenvalue weighted by Gasteiger charge is -2.18. The Morgan fingerprint density at radius 2 is 2.03 bits per heavy atom. The van der Waals surface area contributed by atoms with Crippen LogP contribution in [0, 0.1) is 0 Å². The fraction of sp³-hybridized carbons (Fsp3) is 0.217. The third kappa shape index (κ3) is 4.32. The van der Waals surface area contributed by atoms with Crippen LogP contribution < -0.4 is 9.47 Å². The first-order valence-electron chi connectivity index (χ1n) is 9.38. The summed E-state index contributed by atoms with van der Waals surface area (Å²) in [7, 11) is 3.08. The molecule has 3 rings (SSSR count). The summed E-state index contributed by atoms with van der Waals surface area (Å²) in [4.78, 5) is 18.8. The van der Waals surface area contributed by atoms with Crippen molar-refractivity contribution in [2.75, 3.05) is 14.2 Å². The smallest absolute Gasteiger partial charge is 0.257 e. The zero-order chi connectivity index (χ0) is 22.7. The lowest BCUT2D eigenvalue weighted by atomic mass is 10.1. The molecule has 0 fully saturated rings. The van der Waals surface area contributed by atoms with E-state index in [1.165, 1.54) is 25.0 Å². The molecular weight excluding hydrogens is 426 g/mol. The third-order valence-corrected chi connectivity index (χ3v) is 5.21. The highest BCUT2D eigenvalue weighted by molar-refractivity contribution is 6.34. The standard InChI is InChI=1S/C23H21ClF2N2O3/c1-5-16(25)22(17(26)6-2)18-10-15(24)21-19(27-18)12-28(23(21)29)11-13-7-8-14(30-3)9-20(13)31-4/h5-10H,1,11-12H2,2-4H3/b17-6+,22-16-. The highest BCUT2D eigenvalue weighted by Gasteiger charge is 2.33. The molecule has 1 aliphatic heterocycles. The molecule has 0 spiro atoms. The topological polar surface area (TPSA) is 51.7 Å². The highest BCUT2D eigenvalue weighted by Crippen LogP contribution is 2.36. The summed E-state index contributed by atoms with van der Waals surface area (Å²) in [6.45, 7) is 5.16. The number of carbonyl (C=O) groups is 1. The van der Waals surface area contributed by atoms with Gasteiger partial charge in [0.05, 0.1) is 54.9 Å². The number of methoxy groups -OCH3 is 2. The number of nitrogens with zero attached hydrogens (tertiary/aromatic N) is 2. The molecule has 0 radical (unpaired) electrons. The van der Waals surface area contributed by atoms with Gasteiger partial charge in [-0.25, -0.2) is 13.8 Å². The fourth-order valence-electron chi connectivity index (χ4n) is 3.36. The number of amides is 1. The average molecular weight is 447 g/mol. The number of hydrogen-bond acceptors (Lipinski definition) is 4. The number of halogens is 3. The molecule has 31 heavy (non-hydrogen) atoms. The van der Waals surface area contributed by atoms with E-state index in [-0.39, 0.29) is 40.8 Å². The van der Waals surface area contributed by atoms with Crippen LogP contribution in [0.1, 0.15) is 34.2 Å². The largest absolute Gasteiger partial charge is 0.497 e. The molecule has 0 unspecified atom stereocenters. The number of pyridine rings is 1. The third-order valence-electron chi connectivity index (χ3n) is 4.91. The van der Waals surface area contributed by atoms with Crippen LogP contribution >= 0.6 is 11.6 Å². The van der Waals surface area contributed by atoms with E-state index < -0.39 is 11.7 Å². The van der Waals surface area contributed by atoms with Gasteiger partial charge in [0.2, 0.25) is 0 Å². The first kappa shape index (κ1) is 22.5. The van der Waals surface area contributed by atoms with Gasteiger partial charge in [0.15, 0.2) is 0 Å². The molecule has 0 saturated heterocycles. The van der Waals surface area contributed by atoms with E-state index in [4.69, 9.17) is 21.1 Å². The van der Waals surface area contributed by atoms with E-state index in [9.17, 15) is 13.6 Å². The molecule has 1 aromatic carbocycles. The highest BCUT2D eigenvalue weighted by atomic mass is 35.5. The maximum Gasteiger partial charge on any atom is 0.257 e. The number of hydrogen-bond donors (Lipinski definition) is 0. The Morgan fingerprint density at radius 3 is 2.65 bits per heavy atom. The van der Waals surface area contributed by atoms with E-state index in [1.54, 1.807) is 25.3 Å². The Bertz CT molecular complexity index is 1110. The molecule has 1 amide bonds. The van der Waals surface area contributed by atoms with Gasteiger partial charge in [-0.1, -0.05) is 24.3 Å². The molecular formula is C23H21ClF2N2O3. The van der Waals surface area contributed by atoms with Crippen molar-refractivity contribution >= 4 is 23.1 Å². The van der Waals surface area contributed by atoms with Crippen LogP contribution in [-0.4, -0.2) is 30.0 Å². The number of carbonyl (C=O) groups excluding carboxylic acids is 1. The maximum absolute atomic E-state index is 14.3.